The van der Waals surface area contributed by atoms with E-state index in [0.29, 0.717) is 0 Å². The number of hydrogen-bond acceptors (Lipinski definition) is 1. The zero-order chi connectivity index (χ0) is 16.7. The van der Waals surface area contributed by atoms with Gasteiger partial charge in [0, 0.05) is 16.8 Å². The fourth-order valence-electron chi connectivity index (χ4n) is 3.65. The zero-order valence-electron chi connectivity index (χ0n) is 14.1. The maximum absolute atomic E-state index is 3.80. The van der Waals surface area contributed by atoms with E-state index < -0.39 is 0 Å². The Morgan fingerprint density at radius 1 is 0.792 bits per heavy atom. The van der Waals surface area contributed by atoms with Crippen LogP contribution in [0.4, 0.5) is 11.4 Å². The number of hydrogen-bond donors (Lipinski definition) is 1. The Labute approximate surface area is 143 Å². The maximum atomic E-state index is 3.80. The minimum absolute atomic E-state index is 0.0380. The summed E-state index contributed by atoms with van der Waals surface area (Å²) >= 11 is 0. The number of anilines is 2. The van der Waals surface area contributed by atoms with Crippen LogP contribution >= 0.6 is 0 Å². The van der Waals surface area contributed by atoms with Gasteiger partial charge in [-0.15, -0.1) is 0 Å². The summed E-state index contributed by atoms with van der Waals surface area (Å²) in [7, 11) is 0. The van der Waals surface area contributed by atoms with Crippen molar-refractivity contribution in [2.45, 2.75) is 19.3 Å². The molecule has 1 N–H and O–H groups in total. The third-order valence-electron chi connectivity index (χ3n) is 5.02. The van der Waals surface area contributed by atoms with Crippen LogP contribution in [0.15, 0.2) is 73.3 Å². The second-order valence-corrected chi connectivity index (χ2v) is 6.88. The Kier molecular flexibility index (Phi) is 3.31. The van der Waals surface area contributed by atoms with E-state index in [4.69, 9.17) is 0 Å². The van der Waals surface area contributed by atoms with Gasteiger partial charge in [0.1, 0.15) is 0 Å². The highest BCUT2D eigenvalue weighted by atomic mass is 14.9. The first kappa shape index (κ1) is 14.8. The molecule has 1 heteroatoms. The highest BCUT2D eigenvalue weighted by Crippen LogP contribution is 2.49. The molecule has 0 amide bonds. The van der Waals surface area contributed by atoms with Crippen molar-refractivity contribution < 1.29 is 0 Å². The molecule has 0 unspecified atom stereocenters. The van der Waals surface area contributed by atoms with Crippen LogP contribution in [0.25, 0.3) is 17.2 Å². The summed E-state index contributed by atoms with van der Waals surface area (Å²) in [4.78, 5) is 0. The van der Waals surface area contributed by atoms with E-state index >= 15 is 0 Å². The average molecular weight is 311 g/mol. The largest absolute Gasteiger partial charge is 0.356 e. The molecular formula is C23H21N. The Bertz CT molecular complexity index is 917. The molecule has 24 heavy (non-hydrogen) atoms. The monoisotopic (exact) mass is 311 g/mol. The Balaban J connectivity index is 1.72. The highest BCUT2D eigenvalue weighted by Gasteiger charge is 2.35. The summed E-state index contributed by atoms with van der Waals surface area (Å²) < 4.78 is 0. The molecule has 1 aliphatic carbocycles. The predicted octanol–water partition coefficient (Wildman–Crippen LogP) is 6.38. The standard InChI is InChI=1S/C23H21N/c1-4-16-9-11-17(12-10-16)24-18-13-14-20-19-7-5-6-8-21(19)23(2,3)22(20)15-18/h4-15,24H,1H2,2-3H3. The van der Waals surface area contributed by atoms with Gasteiger partial charge in [0.25, 0.3) is 0 Å². The van der Waals surface area contributed by atoms with Crippen molar-refractivity contribution in [2.24, 2.45) is 0 Å². The molecule has 4 rings (SSSR count). The van der Waals surface area contributed by atoms with Crippen LogP contribution in [0.2, 0.25) is 0 Å². The van der Waals surface area contributed by atoms with Gasteiger partial charge in [0.05, 0.1) is 0 Å². The first-order valence-electron chi connectivity index (χ1n) is 8.33. The van der Waals surface area contributed by atoms with Gasteiger partial charge in [-0.1, -0.05) is 69.0 Å². The molecule has 118 valence electrons. The van der Waals surface area contributed by atoms with Gasteiger partial charge >= 0.3 is 0 Å². The molecule has 0 saturated heterocycles. The fourth-order valence-corrected chi connectivity index (χ4v) is 3.65. The number of rotatable bonds is 3. The molecule has 1 aliphatic rings. The van der Waals surface area contributed by atoms with Gasteiger partial charge in [-0.25, -0.2) is 0 Å². The minimum atomic E-state index is 0.0380. The molecule has 0 spiro atoms. The minimum Gasteiger partial charge on any atom is -0.356 e. The van der Waals surface area contributed by atoms with Crippen LogP contribution in [-0.4, -0.2) is 0 Å². The lowest BCUT2D eigenvalue weighted by Gasteiger charge is -2.22. The topological polar surface area (TPSA) is 12.0 Å². The third-order valence-corrected chi connectivity index (χ3v) is 5.02. The van der Waals surface area contributed by atoms with E-state index in [9.17, 15) is 0 Å². The molecule has 0 atom stereocenters. The smallest absolute Gasteiger partial charge is 0.0387 e. The second kappa shape index (κ2) is 5.38. The number of nitrogens with one attached hydrogen (secondary N) is 1. The van der Waals surface area contributed by atoms with Crippen LogP contribution < -0.4 is 5.32 Å². The van der Waals surface area contributed by atoms with E-state index in [1.807, 2.05) is 6.08 Å². The molecular weight excluding hydrogens is 290 g/mol. The van der Waals surface area contributed by atoms with Crippen LogP contribution in [0.1, 0.15) is 30.5 Å². The van der Waals surface area contributed by atoms with E-state index in [1.165, 1.54) is 22.3 Å². The number of fused-ring (bicyclic) bond motifs is 3. The van der Waals surface area contributed by atoms with Crippen LogP contribution in [0.3, 0.4) is 0 Å². The maximum Gasteiger partial charge on any atom is 0.0387 e. The second-order valence-electron chi connectivity index (χ2n) is 6.88. The van der Waals surface area contributed by atoms with Gasteiger partial charge in [-0.2, -0.15) is 0 Å². The predicted molar refractivity (Wildman–Crippen MR) is 104 cm³/mol. The summed E-state index contributed by atoms with van der Waals surface area (Å²) in [5.41, 5.74) is 8.89. The lowest BCUT2D eigenvalue weighted by molar-refractivity contribution is 0.660. The van der Waals surface area contributed by atoms with Crippen LogP contribution in [0, 0.1) is 0 Å². The summed E-state index contributed by atoms with van der Waals surface area (Å²) in [6.07, 6.45) is 1.86. The molecule has 0 heterocycles. The zero-order valence-corrected chi connectivity index (χ0v) is 14.1. The van der Waals surface area contributed by atoms with E-state index in [0.717, 1.165) is 16.9 Å². The van der Waals surface area contributed by atoms with Gasteiger partial charge in [0.2, 0.25) is 0 Å². The Morgan fingerprint density at radius 3 is 2.21 bits per heavy atom. The van der Waals surface area contributed by atoms with E-state index in [-0.39, 0.29) is 5.41 Å². The van der Waals surface area contributed by atoms with E-state index in [2.05, 4.69) is 92.5 Å². The lowest BCUT2D eigenvalue weighted by Crippen LogP contribution is -2.15. The van der Waals surface area contributed by atoms with E-state index in [1.54, 1.807) is 0 Å². The molecule has 0 fully saturated rings. The first-order valence-corrected chi connectivity index (χ1v) is 8.33. The molecule has 0 aromatic heterocycles. The third kappa shape index (κ3) is 2.25. The van der Waals surface area contributed by atoms with Crippen molar-refractivity contribution in [1.82, 2.24) is 0 Å². The summed E-state index contributed by atoms with van der Waals surface area (Å²) in [5.74, 6) is 0. The molecule has 0 saturated carbocycles. The van der Waals surface area contributed by atoms with Crippen molar-refractivity contribution in [2.75, 3.05) is 5.32 Å². The lowest BCUT2D eigenvalue weighted by atomic mass is 9.82. The molecule has 0 radical (unpaired) electrons. The quantitative estimate of drug-likeness (QED) is 0.592. The summed E-state index contributed by atoms with van der Waals surface area (Å²) in [6, 6.07) is 23.7. The molecule has 1 nitrogen and oxygen atoms in total. The summed E-state index contributed by atoms with van der Waals surface area (Å²) in [6.45, 7) is 8.41. The van der Waals surface area contributed by atoms with Crippen molar-refractivity contribution in [3.8, 4) is 11.1 Å². The molecule has 0 bridgehead atoms. The Hall–Kier alpha value is -2.80. The van der Waals surface area contributed by atoms with Crippen molar-refractivity contribution >= 4 is 17.5 Å². The normalized spacial score (nSPS) is 13.9. The number of benzene rings is 3. The Morgan fingerprint density at radius 2 is 1.46 bits per heavy atom. The average Bonchev–Trinajstić information content (AvgIpc) is 2.84. The fraction of sp³-hybridized carbons (Fsp3) is 0.130. The van der Waals surface area contributed by atoms with Gasteiger partial charge < -0.3 is 5.32 Å². The molecule has 3 aromatic carbocycles. The van der Waals surface area contributed by atoms with Crippen molar-refractivity contribution in [3.05, 3.63) is 90.0 Å². The van der Waals surface area contributed by atoms with Crippen LogP contribution in [0.5, 0.6) is 0 Å². The van der Waals surface area contributed by atoms with Crippen molar-refractivity contribution in [3.63, 3.8) is 0 Å². The van der Waals surface area contributed by atoms with Gasteiger partial charge in [0.15, 0.2) is 0 Å². The highest BCUT2D eigenvalue weighted by molar-refractivity contribution is 5.82. The summed E-state index contributed by atoms with van der Waals surface area (Å²) in [5, 5.41) is 3.52. The SMILES string of the molecule is C=Cc1ccc(Nc2ccc3c(c2)C(C)(C)c2ccccc2-3)cc1. The van der Waals surface area contributed by atoms with Gasteiger partial charge in [-0.05, 0) is 52.1 Å². The van der Waals surface area contributed by atoms with Crippen molar-refractivity contribution in [1.29, 1.82) is 0 Å². The molecule has 0 aliphatic heterocycles. The molecule has 3 aromatic rings. The van der Waals surface area contributed by atoms with Gasteiger partial charge in [-0.3, -0.25) is 0 Å². The van der Waals surface area contributed by atoms with Crippen LogP contribution in [-0.2, 0) is 5.41 Å². The first-order chi connectivity index (χ1) is 11.6.